The van der Waals surface area contributed by atoms with E-state index in [1.807, 2.05) is 4.98 Å². The Kier molecular flexibility index (Phi) is 5.16. The van der Waals surface area contributed by atoms with Crippen LogP contribution in [0.5, 0.6) is 0 Å². The van der Waals surface area contributed by atoms with Crippen LogP contribution in [-0.4, -0.2) is 37.9 Å². The summed E-state index contributed by atoms with van der Waals surface area (Å²) in [5, 5.41) is 0. The molecule has 0 saturated carbocycles. The highest BCUT2D eigenvalue weighted by Crippen LogP contribution is 2.07. The van der Waals surface area contributed by atoms with Gasteiger partial charge in [0.05, 0.1) is 5.75 Å². The molecule has 1 aromatic heterocycles. The fourth-order valence-electron chi connectivity index (χ4n) is 1.43. The van der Waals surface area contributed by atoms with Crippen molar-refractivity contribution >= 4 is 29.6 Å². The monoisotopic (exact) mass is 344 g/mol. The highest BCUT2D eigenvalue weighted by molar-refractivity contribution is 8.13. The number of sulfone groups is 1. The average molecular weight is 345 g/mol. The van der Waals surface area contributed by atoms with Crippen LogP contribution in [0.3, 0.4) is 0 Å². The van der Waals surface area contributed by atoms with Gasteiger partial charge in [-0.1, -0.05) is 6.92 Å². The fraction of sp³-hybridized carbons (Fsp3) is 0.556. The Bertz CT molecular complexity index is 806. The van der Waals surface area contributed by atoms with Crippen LogP contribution in [0.25, 0.3) is 0 Å². The second-order valence-corrected chi connectivity index (χ2v) is 8.98. The third kappa shape index (κ3) is 4.46. The molecule has 0 atom stereocenters. The van der Waals surface area contributed by atoms with Crippen molar-refractivity contribution in [3.8, 4) is 0 Å². The van der Waals surface area contributed by atoms with Gasteiger partial charge in [0.2, 0.25) is 0 Å². The van der Waals surface area contributed by atoms with Gasteiger partial charge in [-0.2, -0.15) is 0 Å². The number of aryl methyl sites for hydroxylation is 1. The van der Waals surface area contributed by atoms with E-state index in [-0.39, 0.29) is 24.5 Å². The maximum Gasteiger partial charge on any atom is 0.328 e. The highest BCUT2D eigenvalue weighted by atomic mass is 35.7. The number of rotatable bonds is 6. The van der Waals surface area contributed by atoms with Crippen molar-refractivity contribution in [3.05, 3.63) is 27.0 Å². The first kappa shape index (κ1) is 16.9. The van der Waals surface area contributed by atoms with Crippen LogP contribution in [0.4, 0.5) is 0 Å². The standard InChI is InChI=1S/C9H13ClN2O6S2/c1-2-19(15,16)5-3-4-12-6-7(20(10,17)18)8(13)11-9(12)14/h6H,2-5H2,1H3,(H,11,13,14). The van der Waals surface area contributed by atoms with Gasteiger partial charge < -0.3 is 0 Å². The molecule has 1 heterocycles. The van der Waals surface area contributed by atoms with E-state index in [9.17, 15) is 26.4 Å². The predicted molar refractivity (Wildman–Crippen MR) is 73.3 cm³/mol. The Hall–Kier alpha value is -1.13. The number of nitrogens with zero attached hydrogens (tertiary/aromatic N) is 1. The Morgan fingerprint density at radius 2 is 1.85 bits per heavy atom. The Balaban J connectivity index is 3.04. The number of aromatic nitrogens is 2. The Morgan fingerprint density at radius 1 is 1.25 bits per heavy atom. The summed E-state index contributed by atoms with van der Waals surface area (Å²) in [7, 11) is -2.40. The smallest absolute Gasteiger partial charge is 0.299 e. The van der Waals surface area contributed by atoms with E-state index in [1.54, 1.807) is 0 Å². The third-order valence-corrected chi connectivity index (χ3v) is 5.64. The summed E-state index contributed by atoms with van der Waals surface area (Å²) in [6, 6.07) is 0. The number of halogens is 1. The fourth-order valence-corrected chi connectivity index (χ4v) is 3.14. The van der Waals surface area contributed by atoms with Crippen LogP contribution in [0.15, 0.2) is 20.7 Å². The lowest BCUT2D eigenvalue weighted by molar-refractivity contribution is 0.575. The van der Waals surface area contributed by atoms with Crippen molar-refractivity contribution in [3.63, 3.8) is 0 Å². The summed E-state index contributed by atoms with van der Waals surface area (Å²) < 4.78 is 45.8. The normalized spacial score (nSPS) is 12.5. The number of aromatic amines is 1. The second kappa shape index (κ2) is 6.10. The largest absolute Gasteiger partial charge is 0.328 e. The highest BCUT2D eigenvalue weighted by Gasteiger charge is 2.17. The molecule has 1 N–H and O–H groups in total. The third-order valence-electron chi connectivity index (χ3n) is 2.54. The van der Waals surface area contributed by atoms with Gasteiger partial charge in [0.15, 0.2) is 4.90 Å². The molecule has 114 valence electrons. The van der Waals surface area contributed by atoms with Crippen molar-refractivity contribution in [2.24, 2.45) is 0 Å². The molecular formula is C9H13ClN2O6S2. The van der Waals surface area contributed by atoms with Gasteiger partial charge in [-0.05, 0) is 6.42 Å². The van der Waals surface area contributed by atoms with E-state index in [0.717, 1.165) is 10.8 Å². The molecule has 0 aromatic carbocycles. The van der Waals surface area contributed by atoms with Gasteiger partial charge in [0.25, 0.3) is 14.6 Å². The molecule has 0 unspecified atom stereocenters. The number of nitrogens with one attached hydrogen (secondary N) is 1. The molecule has 8 nitrogen and oxygen atoms in total. The van der Waals surface area contributed by atoms with E-state index < -0.39 is 35.0 Å². The molecular weight excluding hydrogens is 332 g/mol. The molecule has 0 aliphatic carbocycles. The predicted octanol–water partition coefficient (Wildman–Crippen LogP) is -0.711. The van der Waals surface area contributed by atoms with Gasteiger partial charge >= 0.3 is 5.69 Å². The number of H-pyrrole nitrogens is 1. The summed E-state index contributed by atoms with van der Waals surface area (Å²) in [6.45, 7) is 1.45. The Labute approximate surface area is 119 Å². The molecule has 11 heteroatoms. The van der Waals surface area contributed by atoms with E-state index in [0.29, 0.717) is 0 Å². The Morgan fingerprint density at radius 3 is 2.35 bits per heavy atom. The van der Waals surface area contributed by atoms with E-state index in [1.165, 1.54) is 6.92 Å². The maximum absolute atomic E-state index is 11.5. The molecule has 0 aliphatic rings. The first-order valence-electron chi connectivity index (χ1n) is 5.55. The molecule has 1 aromatic rings. The summed E-state index contributed by atoms with van der Waals surface area (Å²) in [4.78, 5) is 23.8. The lowest BCUT2D eigenvalue weighted by Crippen LogP contribution is -2.32. The zero-order chi connectivity index (χ0) is 15.6. The minimum atomic E-state index is -4.28. The quantitative estimate of drug-likeness (QED) is 0.680. The molecule has 0 amide bonds. The van der Waals surface area contributed by atoms with Crippen molar-refractivity contribution in [1.29, 1.82) is 0 Å². The first-order chi connectivity index (χ1) is 9.07. The van der Waals surface area contributed by atoms with Crippen LogP contribution < -0.4 is 11.2 Å². The summed E-state index contributed by atoms with van der Waals surface area (Å²) >= 11 is 0. The molecule has 0 spiro atoms. The average Bonchev–Trinajstić information content (AvgIpc) is 2.30. The molecule has 1 rings (SSSR count). The van der Waals surface area contributed by atoms with Crippen LogP contribution in [-0.2, 0) is 25.4 Å². The number of hydrogen-bond donors (Lipinski definition) is 1. The summed E-state index contributed by atoms with van der Waals surface area (Å²) in [5.41, 5.74) is -1.93. The van der Waals surface area contributed by atoms with E-state index in [4.69, 9.17) is 10.7 Å². The minimum absolute atomic E-state index is 0.0190. The summed E-state index contributed by atoms with van der Waals surface area (Å²) in [5.74, 6) is -0.160. The van der Waals surface area contributed by atoms with Crippen molar-refractivity contribution in [2.45, 2.75) is 24.8 Å². The minimum Gasteiger partial charge on any atom is -0.299 e. The van der Waals surface area contributed by atoms with Crippen LogP contribution >= 0.6 is 10.7 Å². The number of hydrogen-bond acceptors (Lipinski definition) is 6. The van der Waals surface area contributed by atoms with Crippen LogP contribution in [0.1, 0.15) is 13.3 Å². The van der Waals surface area contributed by atoms with Gasteiger partial charge in [0, 0.05) is 29.2 Å². The van der Waals surface area contributed by atoms with E-state index >= 15 is 0 Å². The van der Waals surface area contributed by atoms with Crippen molar-refractivity contribution in [2.75, 3.05) is 11.5 Å². The zero-order valence-corrected chi connectivity index (χ0v) is 12.9. The second-order valence-electron chi connectivity index (χ2n) is 3.97. The molecule has 0 saturated heterocycles. The van der Waals surface area contributed by atoms with Crippen molar-refractivity contribution in [1.82, 2.24) is 9.55 Å². The zero-order valence-electron chi connectivity index (χ0n) is 10.5. The molecule has 0 bridgehead atoms. The lowest BCUT2D eigenvalue weighted by atomic mass is 10.4. The molecule has 20 heavy (non-hydrogen) atoms. The molecule has 0 fully saturated rings. The van der Waals surface area contributed by atoms with Gasteiger partial charge in [-0.25, -0.2) is 21.6 Å². The molecule has 0 aliphatic heterocycles. The van der Waals surface area contributed by atoms with Gasteiger partial charge in [0.1, 0.15) is 9.84 Å². The molecule has 0 radical (unpaired) electrons. The van der Waals surface area contributed by atoms with E-state index in [2.05, 4.69) is 0 Å². The summed E-state index contributed by atoms with van der Waals surface area (Å²) in [6.07, 6.45) is 0.923. The topological polar surface area (TPSA) is 123 Å². The van der Waals surface area contributed by atoms with Crippen LogP contribution in [0.2, 0.25) is 0 Å². The first-order valence-corrected chi connectivity index (χ1v) is 9.69. The lowest BCUT2D eigenvalue weighted by Gasteiger charge is -2.06. The maximum atomic E-state index is 11.5. The van der Waals surface area contributed by atoms with Gasteiger partial charge in [-0.15, -0.1) is 0 Å². The van der Waals surface area contributed by atoms with Crippen molar-refractivity contribution < 1.29 is 16.8 Å². The van der Waals surface area contributed by atoms with Crippen LogP contribution in [0, 0.1) is 0 Å². The van der Waals surface area contributed by atoms with Gasteiger partial charge in [-0.3, -0.25) is 14.3 Å². The SMILES string of the molecule is CCS(=O)(=O)CCCn1cc(S(=O)(=O)Cl)c(=O)[nH]c1=O.